The number of imidazole rings is 1. The third-order valence-corrected chi connectivity index (χ3v) is 6.22. The molecule has 0 atom stereocenters. The summed E-state index contributed by atoms with van der Waals surface area (Å²) in [6.45, 7) is 3.72. The second-order valence-corrected chi connectivity index (χ2v) is 8.74. The maximum absolute atomic E-state index is 13.6. The van der Waals surface area contributed by atoms with Gasteiger partial charge in [0.1, 0.15) is 17.7 Å². The van der Waals surface area contributed by atoms with E-state index in [0.717, 1.165) is 26.1 Å². The molecule has 2 N–H and O–H groups in total. The van der Waals surface area contributed by atoms with Crippen LogP contribution in [0.2, 0.25) is 0 Å². The van der Waals surface area contributed by atoms with E-state index in [9.17, 15) is 9.50 Å². The van der Waals surface area contributed by atoms with Gasteiger partial charge in [-0.15, -0.1) is 0 Å². The van der Waals surface area contributed by atoms with Crippen LogP contribution in [-0.4, -0.2) is 66.3 Å². The monoisotopic (exact) mass is 455 g/mol. The Hall–Kier alpha value is -3.15. The lowest BCUT2D eigenvalue weighted by molar-refractivity contribution is 0.379. The third kappa shape index (κ3) is 4.14. The molecule has 11 heteroatoms. The lowest BCUT2D eigenvalue weighted by Crippen LogP contribution is -2.34. The number of nitrogens with zero attached hydrogens (tertiary/aromatic N) is 6. The van der Waals surface area contributed by atoms with E-state index in [0.29, 0.717) is 41.0 Å². The number of hydrogen-bond acceptors (Lipinski definition) is 9. The summed E-state index contributed by atoms with van der Waals surface area (Å²) in [6, 6.07) is 5.89. The van der Waals surface area contributed by atoms with Gasteiger partial charge in [0, 0.05) is 56.3 Å². The smallest absolute Gasteiger partial charge is 0.306 e. The molecule has 166 valence electrons. The summed E-state index contributed by atoms with van der Waals surface area (Å²) in [4.78, 5) is 13.5. The Morgan fingerprint density at radius 1 is 1.25 bits per heavy atom. The van der Waals surface area contributed by atoms with Crippen molar-refractivity contribution in [3.8, 4) is 28.4 Å². The van der Waals surface area contributed by atoms with Crippen molar-refractivity contribution >= 4 is 23.9 Å². The van der Waals surface area contributed by atoms with Crippen molar-refractivity contribution in [1.82, 2.24) is 28.0 Å². The van der Waals surface area contributed by atoms with Crippen LogP contribution in [0.15, 0.2) is 47.3 Å². The summed E-state index contributed by atoms with van der Waals surface area (Å²) in [5, 5.41) is 13.1. The number of rotatable bonds is 6. The molecule has 4 aromatic rings. The molecule has 0 bridgehead atoms. The van der Waals surface area contributed by atoms with Crippen molar-refractivity contribution in [3.05, 3.63) is 48.7 Å². The predicted octanol–water partition coefficient (Wildman–Crippen LogP) is 3.51. The predicted molar refractivity (Wildman–Crippen MR) is 120 cm³/mol. The average molecular weight is 456 g/mol. The number of benzene rings is 1. The molecule has 1 aromatic carbocycles. The Bertz CT molecular complexity index is 1240. The molecule has 1 saturated heterocycles. The van der Waals surface area contributed by atoms with E-state index in [4.69, 9.17) is 4.42 Å². The number of fused-ring (bicyclic) bond motifs is 1. The number of hydrogen-bond donors (Lipinski definition) is 2. The van der Waals surface area contributed by atoms with Crippen LogP contribution in [-0.2, 0) is 0 Å². The van der Waals surface area contributed by atoms with Crippen molar-refractivity contribution in [3.63, 3.8) is 0 Å². The highest BCUT2D eigenvalue weighted by Crippen LogP contribution is 2.34. The van der Waals surface area contributed by atoms with Crippen LogP contribution in [0, 0.1) is 5.82 Å². The highest BCUT2D eigenvalue weighted by molar-refractivity contribution is 7.94. The first-order valence-electron chi connectivity index (χ1n) is 10.2. The van der Waals surface area contributed by atoms with Crippen molar-refractivity contribution in [2.75, 3.05) is 38.5 Å². The largest absolute Gasteiger partial charge is 0.505 e. The van der Waals surface area contributed by atoms with Gasteiger partial charge in [-0.05, 0) is 37.7 Å². The first-order chi connectivity index (χ1) is 15.6. The maximum atomic E-state index is 13.6. The fourth-order valence-electron chi connectivity index (χ4n) is 3.66. The number of oxazole rings is 1. The quantitative estimate of drug-likeness (QED) is 0.424. The minimum atomic E-state index is -0.690. The zero-order valence-corrected chi connectivity index (χ0v) is 18.2. The van der Waals surface area contributed by atoms with E-state index in [1.54, 1.807) is 41.1 Å². The molecule has 4 heterocycles. The van der Waals surface area contributed by atoms with Crippen LogP contribution in [0.1, 0.15) is 6.42 Å². The first-order valence-corrected chi connectivity index (χ1v) is 11.0. The van der Waals surface area contributed by atoms with Crippen molar-refractivity contribution in [2.24, 2.45) is 0 Å². The summed E-state index contributed by atoms with van der Waals surface area (Å²) in [5.74, 6) is -0.253. The molecular formula is C21H22FN7O2S. The zero-order chi connectivity index (χ0) is 22.1. The molecule has 5 rings (SSSR count). The summed E-state index contributed by atoms with van der Waals surface area (Å²) in [6.07, 6.45) is 6.10. The number of phenols is 1. The number of nitrogens with one attached hydrogen (secondary N) is 1. The van der Waals surface area contributed by atoms with Gasteiger partial charge in [-0.25, -0.2) is 23.0 Å². The van der Waals surface area contributed by atoms with E-state index in [1.807, 2.05) is 0 Å². The minimum absolute atomic E-state index is 0.373. The Labute approximate surface area is 188 Å². The van der Waals surface area contributed by atoms with Crippen molar-refractivity contribution in [1.29, 1.82) is 0 Å². The Morgan fingerprint density at radius 3 is 3.00 bits per heavy atom. The Balaban J connectivity index is 1.41. The second kappa shape index (κ2) is 8.77. The van der Waals surface area contributed by atoms with Gasteiger partial charge in [0.15, 0.2) is 11.6 Å². The Kier molecular flexibility index (Phi) is 5.68. The van der Waals surface area contributed by atoms with Gasteiger partial charge in [0.25, 0.3) is 0 Å². The van der Waals surface area contributed by atoms with Crippen LogP contribution in [0.5, 0.6) is 5.75 Å². The van der Waals surface area contributed by atoms with Gasteiger partial charge in [0.2, 0.25) is 5.95 Å². The Morgan fingerprint density at radius 2 is 2.16 bits per heavy atom. The van der Waals surface area contributed by atoms with Crippen LogP contribution in [0.25, 0.3) is 28.5 Å². The number of anilines is 1. The van der Waals surface area contributed by atoms with Gasteiger partial charge in [0.05, 0.1) is 5.69 Å². The third-order valence-electron chi connectivity index (χ3n) is 5.16. The number of aromatic nitrogens is 4. The summed E-state index contributed by atoms with van der Waals surface area (Å²) in [7, 11) is 2.09. The molecule has 0 aliphatic carbocycles. The topological polar surface area (TPSA) is 95.0 Å². The van der Waals surface area contributed by atoms with Crippen molar-refractivity contribution in [2.45, 2.75) is 6.42 Å². The van der Waals surface area contributed by atoms with E-state index >= 15 is 0 Å². The van der Waals surface area contributed by atoms with E-state index in [-0.39, 0.29) is 0 Å². The van der Waals surface area contributed by atoms with Gasteiger partial charge in [-0.1, -0.05) is 0 Å². The molecule has 32 heavy (non-hydrogen) atoms. The second-order valence-electron chi connectivity index (χ2n) is 7.44. The molecule has 1 fully saturated rings. The molecule has 0 spiro atoms. The molecule has 1 aliphatic rings. The fourth-order valence-corrected chi connectivity index (χ4v) is 4.65. The maximum Gasteiger partial charge on any atom is 0.306 e. The molecule has 9 nitrogen and oxygen atoms in total. The first kappa shape index (κ1) is 20.7. The van der Waals surface area contributed by atoms with Crippen LogP contribution in [0.4, 0.5) is 10.3 Å². The summed E-state index contributed by atoms with van der Waals surface area (Å²) >= 11 is 1.74. The molecule has 1 aliphatic heterocycles. The molecule has 0 unspecified atom stereocenters. The standard InChI is InChI=1S/C21H22FN7O2S/c1-27-8-2-9-28(32-27)10-7-24-20-23-6-5-16(25-20)19-18(26-21-29(19)11-12-31-21)14-3-4-15(22)17(30)13-14/h3-6,11-13,30H,2,7-10H2,1H3,(H,23,24,25). The van der Waals surface area contributed by atoms with E-state index < -0.39 is 11.6 Å². The fraction of sp³-hybridized carbons (Fsp3) is 0.286. The number of halogens is 1. The lowest BCUT2D eigenvalue weighted by Gasteiger charge is -2.31. The van der Waals surface area contributed by atoms with Gasteiger partial charge in [-0.3, -0.25) is 4.40 Å². The van der Waals surface area contributed by atoms with Crippen LogP contribution in [0.3, 0.4) is 0 Å². The summed E-state index contributed by atoms with van der Waals surface area (Å²) in [5.41, 5.74) is 2.37. The van der Waals surface area contributed by atoms with Gasteiger partial charge in [-0.2, -0.15) is 4.98 Å². The van der Waals surface area contributed by atoms with Crippen molar-refractivity contribution < 1.29 is 13.9 Å². The SMILES string of the molecule is CN1CCCN(CCNc2nccc(-c3c(-c4ccc(F)c(O)c4)nc4occn34)n2)S1. The van der Waals surface area contributed by atoms with Crippen LogP contribution >= 0.6 is 12.1 Å². The van der Waals surface area contributed by atoms with E-state index in [2.05, 4.69) is 35.9 Å². The zero-order valence-electron chi connectivity index (χ0n) is 17.4. The lowest BCUT2D eigenvalue weighted by atomic mass is 10.1. The molecular weight excluding hydrogens is 433 g/mol. The van der Waals surface area contributed by atoms with Gasteiger partial charge < -0.3 is 14.8 Å². The molecule has 0 amide bonds. The number of phenolic OH excluding ortho intramolecular Hbond substituents is 1. The molecule has 3 aromatic heterocycles. The normalized spacial score (nSPS) is 15.4. The number of aromatic hydroxyl groups is 1. The van der Waals surface area contributed by atoms with Crippen LogP contribution < -0.4 is 5.32 Å². The summed E-state index contributed by atoms with van der Waals surface area (Å²) < 4.78 is 25.3. The van der Waals surface area contributed by atoms with Gasteiger partial charge >= 0.3 is 5.84 Å². The molecule has 0 radical (unpaired) electrons. The molecule has 0 saturated carbocycles. The highest BCUT2D eigenvalue weighted by Gasteiger charge is 2.20. The average Bonchev–Trinajstić information content (AvgIpc) is 3.37. The van der Waals surface area contributed by atoms with E-state index in [1.165, 1.54) is 18.4 Å². The highest BCUT2D eigenvalue weighted by atomic mass is 32.2. The minimum Gasteiger partial charge on any atom is -0.505 e.